The lowest BCUT2D eigenvalue weighted by atomic mass is 10.1. The van der Waals surface area contributed by atoms with E-state index >= 15 is 0 Å². The number of nitrogens with one attached hydrogen (secondary N) is 1. The number of amides is 1. The summed E-state index contributed by atoms with van der Waals surface area (Å²) in [5.41, 5.74) is -0.108. The Morgan fingerprint density at radius 2 is 2.37 bits per heavy atom. The highest BCUT2D eigenvalue weighted by molar-refractivity contribution is 5.75. The number of hydrogen-bond donors (Lipinski definition) is 2. The summed E-state index contributed by atoms with van der Waals surface area (Å²) >= 11 is 0. The fourth-order valence-electron chi connectivity index (χ4n) is 1.74. The van der Waals surface area contributed by atoms with Crippen molar-refractivity contribution < 1.29 is 14.8 Å². The van der Waals surface area contributed by atoms with Crippen molar-refractivity contribution in [1.29, 1.82) is 0 Å². The van der Waals surface area contributed by atoms with E-state index in [1.54, 1.807) is 0 Å². The number of hydrogen-bond acceptors (Lipinski definition) is 5. The predicted octanol–water partition coefficient (Wildman–Crippen LogP) is 0.0701. The second-order valence-corrected chi connectivity index (χ2v) is 4.91. The number of aliphatic hydroxyl groups is 1. The van der Waals surface area contributed by atoms with E-state index in [1.807, 2.05) is 0 Å². The van der Waals surface area contributed by atoms with Crippen LogP contribution in [0.2, 0.25) is 0 Å². The van der Waals surface area contributed by atoms with Gasteiger partial charge >= 0.3 is 5.82 Å². The molecule has 1 saturated carbocycles. The summed E-state index contributed by atoms with van der Waals surface area (Å²) in [5, 5.41) is 22.3. The molecule has 0 aliphatic heterocycles. The summed E-state index contributed by atoms with van der Waals surface area (Å²) in [5.74, 6) is -0.353. The van der Waals surface area contributed by atoms with Crippen molar-refractivity contribution in [1.82, 2.24) is 14.9 Å². The summed E-state index contributed by atoms with van der Waals surface area (Å²) in [6.07, 6.45) is 4.74. The van der Waals surface area contributed by atoms with Crippen molar-refractivity contribution in [2.24, 2.45) is 5.41 Å². The number of aryl methyl sites for hydroxylation is 1. The van der Waals surface area contributed by atoms with Crippen LogP contribution in [0.25, 0.3) is 0 Å². The largest absolute Gasteiger partial charge is 0.396 e. The molecular formula is C11H16N4O4. The van der Waals surface area contributed by atoms with Gasteiger partial charge in [-0.2, -0.15) is 0 Å². The number of imidazole rings is 1. The second kappa shape index (κ2) is 5.35. The van der Waals surface area contributed by atoms with Gasteiger partial charge < -0.3 is 25.1 Å². The van der Waals surface area contributed by atoms with E-state index < -0.39 is 4.92 Å². The molecule has 1 fully saturated rings. The van der Waals surface area contributed by atoms with Crippen molar-refractivity contribution in [3.05, 3.63) is 22.6 Å². The molecule has 2 N–H and O–H groups in total. The first-order valence-corrected chi connectivity index (χ1v) is 6.08. The fourth-order valence-corrected chi connectivity index (χ4v) is 1.74. The molecule has 0 aromatic carbocycles. The summed E-state index contributed by atoms with van der Waals surface area (Å²) in [6.45, 7) is 0.937. The van der Waals surface area contributed by atoms with Crippen LogP contribution < -0.4 is 5.32 Å². The SMILES string of the molecule is O=C(CCn1cnc([N+](=O)[O-])c1)NCC1(CO)CC1. The quantitative estimate of drug-likeness (QED) is 0.537. The molecule has 1 heterocycles. The van der Waals surface area contributed by atoms with Crippen LogP contribution in [0.3, 0.4) is 0 Å². The van der Waals surface area contributed by atoms with E-state index in [-0.39, 0.29) is 30.2 Å². The van der Waals surface area contributed by atoms with E-state index in [0.717, 1.165) is 12.8 Å². The monoisotopic (exact) mass is 268 g/mol. The first-order valence-electron chi connectivity index (χ1n) is 6.08. The van der Waals surface area contributed by atoms with Gasteiger partial charge in [0.05, 0.1) is 6.61 Å². The minimum Gasteiger partial charge on any atom is -0.396 e. The van der Waals surface area contributed by atoms with Crippen molar-refractivity contribution >= 4 is 11.7 Å². The van der Waals surface area contributed by atoms with E-state index in [0.29, 0.717) is 13.1 Å². The van der Waals surface area contributed by atoms with Crippen LogP contribution in [0.15, 0.2) is 12.5 Å². The van der Waals surface area contributed by atoms with Gasteiger partial charge in [0, 0.05) is 24.9 Å². The molecule has 19 heavy (non-hydrogen) atoms. The number of nitrogens with zero attached hydrogens (tertiary/aromatic N) is 3. The topological polar surface area (TPSA) is 110 Å². The number of carbonyl (C=O) groups is 1. The zero-order valence-electron chi connectivity index (χ0n) is 10.4. The van der Waals surface area contributed by atoms with Crippen molar-refractivity contribution in [3.8, 4) is 0 Å². The van der Waals surface area contributed by atoms with Gasteiger partial charge in [-0.05, 0) is 22.7 Å². The van der Waals surface area contributed by atoms with E-state index in [9.17, 15) is 14.9 Å². The van der Waals surface area contributed by atoms with Gasteiger partial charge in [-0.25, -0.2) is 0 Å². The Labute approximate surface area is 109 Å². The Morgan fingerprint density at radius 3 is 2.89 bits per heavy atom. The number of rotatable bonds is 7. The van der Waals surface area contributed by atoms with Crippen LogP contribution >= 0.6 is 0 Å². The lowest BCUT2D eigenvalue weighted by Gasteiger charge is -2.12. The van der Waals surface area contributed by atoms with Gasteiger partial charge in [0.15, 0.2) is 0 Å². The molecular weight excluding hydrogens is 252 g/mol. The van der Waals surface area contributed by atoms with E-state index in [1.165, 1.54) is 17.1 Å². The number of nitro groups is 1. The standard InChI is InChI=1S/C11H16N4O4/c16-7-11(2-3-11)6-12-10(17)1-4-14-5-9(13-8-14)15(18)19/h5,8,16H,1-4,6-7H2,(H,12,17). The van der Waals surface area contributed by atoms with Gasteiger partial charge in [-0.1, -0.05) is 0 Å². The third kappa shape index (κ3) is 3.50. The zero-order valence-corrected chi connectivity index (χ0v) is 10.4. The van der Waals surface area contributed by atoms with Crippen molar-refractivity contribution in [2.75, 3.05) is 13.2 Å². The molecule has 0 atom stereocenters. The Bertz CT molecular complexity index is 481. The van der Waals surface area contributed by atoms with Gasteiger partial charge in [0.2, 0.25) is 12.2 Å². The molecule has 1 aliphatic rings. The minimum absolute atomic E-state index is 0.0982. The third-order valence-electron chi connectivity index (χ3n) is 3.36. The number of carbonyl (C=O) groups excluding carboxylic acids is 1. The average Bonchev–Trinajstić information content (AvgIpc) is 3.02. The van der Waals surface area contributed by atoms with Gasteiger partial charge in [-0.3, -0.25) is 4.79 Å². The Balaban J connectivity index is 1.72. The molecule has 0 bridgehead atoms. The van der Waals surface area contributed by atoms with Crippen molar-refractivity contribution in [3.63, 3.8) is 0 Å². The minimum atomic E-state index is -0.575. The summed E-state index contributed by atoms with van der Waals surface area (Å²) in [4.78, 5) is 25.0. The summed E-state index contributed by atoms with van der Waals surface area (Å²) < 4.78 is 1.51. The molecule has 1 aromatic rings. The maximum Gasteiger partial charge on any atom is 0.381 e. The van der Waals surface area contributed by atoms with E-state index in [2.05, 4.69) is 10.3 Å². The van der Waals surface area contributed by atoms with Gasteiger partial charge in [-0.15, -0.1) is 0 Å². The van der Waals surface area contributed by atoms with Crippen LogP contribution in [-0.4, -0.2) is 38.6 Å². The predicted molar refractivity (Wildman–Crippen MR) is 65.3 cm³/mol. The molecule has 1 aromatic heterocycles. The van der Waals surface area contributed by atoms with E-state index in [4.69, 9.17) is 5.11 Å². The molecule has 8 nitrogen and oxygen atoms in total. The number of aliphatic hydroxyl groups excluding tert-OH is 1. The first kappa shape index (κ1) is 13.5. The Kier molecular flexibility index (Phi) is 3.79. The maximum atomic E-state index is 11.6. The van der Waals surface area contributed by atoms with Gasteiger partial charge in [0.1, 0.15) is 6.20 Å². The highest BCUT2D eigenvalue weighted by Crippen LogP contribution is 2.44. The fraction of sp³-hybridized carbons (Fsp3) is 0.636. The molecule has 104 valence electrons. The van der Waals surface area contributed by atoms with Crippen LogP contribution in [0.1, 0.15) is 19.3 Å². The molecule has 0 saturated heterocycles. The first-order chi connectivity index (χ1) is 9.04. The molecule has 1 amide bonds. The summed E-state index contributed by atoms with van der Waals surface area (Å²) in [7, 11) is 0. The molecule has 0 radical (unpaired) electrons. The molecule has 2 rings (SSSR count). The number of aromatic nitrogens is 2. The Morgan fingerprint density at radius 1 is 1.63 bits per heavy atom. The second-order valence-electron chi connectivity index (χ2n) is 4.91. The lowest BCUT2D eigenvalue weighted by molar-refractivity contribution is -0.389. The normalized spacial score (nSPS) is 16.1. The molecule has 0 spiro atoms. The summed E-state index contributed by atoms with van der Waals surface area (Å²) in [6, 6.07) is 0. The Hall–Kier alpha value is -1.96. The average molecular weight is 268 g/mol. The highest BCUT2D eigenvalue weighted by Gasteiger charge is 2.41. The van der Waals surface area contributed by atoms with Crippen LogP contribution in [0, 0.1) is 15.5 Å². The molecule has 1 aliphatic carbocycles. The maximum absolute atomic E-state index is 11.6. The zero-order chi connectivity index (χ0) is 13.9. The third-order valence-corrected chi connectivity index (χ3v) is 3.36. The van der Waals surface area contributed by atoms with Crippen molar-refractivity contribution in [2.45, 2.75) is 25.8 Å². The smallest absolute Gasteiger partial charge is 0.381 e. The van der Waals surface area contributed by atoms with Gasteiger partial charge in [0.25, 0.3) is 0 Å². The lowest BCUT2D eigenvalue weighted by Crippen LogP contribution is -2.32. The highest BCUT2D eigenvalue weighted by atomic mass is 16.6. The van der Waals surface area contributed by atoms with Crippen LogP contribution in [0.5, 0.6) is 0 Å². The molecule has 0 unspecified atom stereocenters. The van der Waals surface area contributed by atoms with Crippen LogP contribution in [0.4, 0.5) is 5.82 Å². The molecule has 8 heteroatoms. The van der Waals surface area contributed by atoms with Crippen LogP contribution in [-0.2, 0) is 11.3 Å².